The van der Waals surface area contributed by atoms with E-state index in [2.05, 4.69) is 184 Å². The fraction of sp³-hybridized carbons (Fsp3) is 0.0612. The maximum atomic E-state index is 2.41. The summed E-state index contributed by atoms with van der Waals surface area (Å²) in [4.78, 5) is 0. The van der Waals surface area contributed by atoms with E-state index in [1.54, 1.807) is 0 Å². The molecule has 1 aliphatic carbocycles. The zero-order chi connectivity index (χ0) is 32.7. The molecule has 0 aromatic heterocycles. The van der Waals surface area contributed by atoms with Gasteiger partial charge in [-0.15, -0.1) is 0 Å². The molecule has 49 heavy (non-hydrogen) atoms. The normalized spacial score (nSPS) is 13.3. The van der Waals surface area contributed by atoms with Gasteiger partial charge in [0.1, 0.15) is 0 Å². The summed E-state index contributed by atoms with van der Waals surface area (Å²) < 4.78 is 0. The number of rotatable bonds is 3. The molecule has 0 bridgehead atoms. The Bertz CT molecular complexity index is 2780. The molecule has 0 nitrogen and oxygen atoms in total. The molecule has 9 aromatic carbocycles. The second-order valence-corrected chi connectivity index (χ2v) is 14.1. The van der Waals surface area contributed by atoms with E-state index in [4.69, 9.17) is 0 Å². The number of fused-ring (bicyclic) bond motifs is 9. The minimum atomic E-state index is -0.000473. The Morgan fingerprint density at radius 1 is 0.306 bits per heavy atom. The predicted molar refractivity (Wildman–Crippen MR) is 210 cm³/mol. The van der Waals surface area contributed by atoms with Gasteiger partial charge in [0.2, 0.25) is 0 Å². The zero-order valence-electron chi connectivity index (χ0n) is 27.7. The highest BCUT2D eigenvalue weighted by molar-refractivity contribution is 6.23. The lowest BCUT2D eigenvalue weighted by molar-refractivity contribution is 0.660. The summed E-state index contributed by atoms with van der Waals surface area (Å²) in [5, 5.41) is 10.3. The van der Waals surface area contributed by atoms with E-state index in [1.807, 2.05) is 0 Å². The molecular weight excluding hydrogens is 589 g/mol. The van der Waals surface area contributed by atoms with Crippen LogP contribution in [0.5, 0.6) is 0 Å². The smallest absolute Gasteiger partial charge is 0.0159 e. The summed E-state index contributed by atoms with van der Waals surface area (Å²) in [6, 6.07) is 63.2. The van der Waals surface area contributed by atoms with Crippen LogP contribution in [0.1, 0.15) is 25.0 Å². The molecule has 0 radical (unpaired) electrons. The fourth-order valence-corrected chi connectivity index (χ4v) is 8.45. The van der Waals surface area contributed by atoms with Gasteiger partial charge in [-0.2, -0.15) is 0 Å². The maximum absolute atomic E-state index is 2.41. The summed E-state index contributed by atoms with van der Waals surface area (Å²) in [5.74, 6) is 0. The molecule has 10 rings (SSSR count). The monoisotopic (exact) mass is 622 g/mol. The molecule has 0 heteroatoms. The quantitative estimate of drug-likeness (QED) is 0.172. The molecule has 0 saturated heterocycles. The summed E-state index contributed by atoms with van der Waals surface area (Å²) in [7, 11) is 0. The second-order valence-electron chi connectivity index (χ2n) is 14.1. The van der Waals surface area contributed by atoms with Crippen molar-refractivity contribution in [1.82, 2.24) is 0 Å². The van der Waals surface area contributed by atoms with Crippen LogP contribution in [0.3, 0.4) is 0 Å². The van der Waals surface area contributed by atoms with E-state index in [0.717, 1.165) is 0 Å². The van der Waals surface area contributed by atoms with E-state index >= 15 is 0 Å². The van der Waals surface area contributed by atoms with Gasteiger partial charge in [0.05, 0.1) is 0 Å². The van der Waals surface area contributed by atoms with Gasteiger partial charge in [-0.05, 0) is 123 Å². The molecule has 0 heterocycles. The first kappa shape index (κ1) is 28.1. The lowest BCUT2D eigenvalue weighted by Crippen LogP contribution is -2.14. The third kappa shape index (κ3) is 4.31. The van der Waals surface area contributed by atoms with Crippen LogP contribution in [-0.4, -0.2) is 0 Å². The van der Waals surface area contributed by atoms with Crippen LogP contribution in [0, 0.1) is 0 Å². The van der Waals surface area contributed by atoms with Gasteiger partial charge in [-0.1, -0.05) is 159 Å². The minimum Gasteiger partial charge on any atom is -0.0619 e. The first-order chi connectivity index (χ1) is 24.0. The summed E-state index contributed by atoms with van der Waals surface area (Å²) in [6.07, 6.45) is 0. The Kier molecular flexibility index (Phi) is 6.02. The Morgan fingerprint density at radius 3 is 1.63 bits per heavy atom. The largest absolute Gasteiger partial charge is 0.0619 e. The van der Waals surface area contributed by atoms with Gasteiger partial charge in [0, 0.05) is 5.41 Å². The van der Waals surface area contributed by atoms with Crippen molar-refractivity contribution in [3.63, 3.8) is 0 Å². The molecule has 0 spiro atoms. The summed E-state index contributed by atoms with van der Waals surface area (Å²) in [5.41, 5.74) is 13.1. The SMILES string of the molecule is CC1(C)c2ccccc2-c2ccc(-c3ccc4cc(-c5ccc(-c6cc7ccc8ccccc8c7c7ccccc67)cc5)ccc4c3)cc21. The van der Waals surface area contributed by atoms with Crippen molar-refractivity contribution in [2.75, 3.05) is 0 Å². The van der Waals surface area contributed by atoms with Crippen LogP contribution >= 0.6 is 0 Å². The van der Waals surface area contributed by atoms with Crippen LogP contribution in [0.15, 0.2) is 170 Å². The third-order valence-electron chi connectivity index (χ3n) is 11.0. The van der Waals surface area contributed by atoms with Gasteiger partial charge >= 0.3 is 0 Å². The number of hydrogen-bond donors (Lipinski definition) is 0. The van der Waals surface area contributed by atoms with E-state index in [0.29, 0.717) is 0 Å². The van der Waals surface area contributed by atoms with Gasteiger partial charge in [-0.25, -0.2) is 0 Å². The minimum absolute atomic E-state index is 0.000473. The maximum Gasteiger partial charge on any atom is 0.0159 e. The highest BCUT2D eigenvalue weighted by Gasteiger charge is 2.35. The molecule has 0 atom stereocenters. The van der Waals surface area contributed by atoms with Gasteiger partial charge < -0.3 is 0 Å². The van der Waals surface area contributed by atoms with Crippen molar-refractivity contribution in [2.24, 2.45) is 0 Å². The average molecular weight is 623 g/mol. The van der Waals surface area contributed by atoms with Crippen LogP contribution in [0.25, 0.3) is 87.6 Å². The average Bonchev–Trinajstić information content (AvgIpc) is 3.39. The second kappa shape index (κ2) is 10.5. The zero-order valence-corrected chi connectivity index (χ0v) is 27.7. The molecule has 1 aliphatic rings. The Hall–Kier alpha value is -5.98. The molecule has 0 N–H and O–H groups in total. The Morgan fingerprint density at radius 2 is 0.837 bits per heavy atom. The van der Waals surface area contributed by atoms with Crippen LogP contribution in [0.4, 0.5) is 0 Å². The van der Waals surface area contributed by atoms with E-state index in [1.165, 1.54) is 98.7 Å². The molecule has 0 unspecified atom stereocenters. The lowest BCUT2D eigenvalue weighted by Gasteiger charge is -2.22. The van der Waals surface area contributed by atoms with Crippen molar-refractivity contribution in [3.8, 4) is 44.5 Å². The van der Waals surface area contributed by atoms with Crippen molar-refractivity contribution >= 4 is 43.1 Å². The Labute approximate surface area is 286 Å². The van der Waals surface area contributed by atoms with E-state index in [-0.39, 0.29) is 5.41 Å². The first-order valence-corrected chi connectivity index (χ1v) is 17.3. The van der Waals surface area contributed by atoms with Crippen LogP contribution < -0.4 is 0 Å². The summed E-state index contributed by atoms with van der Waals surface area (Å²) >= 11 is 0. The number of hydrogen-bond acceptors (Lipinski definition) is 0. The highest BCUT2D eigenvalue weighted by atomic mass is 14.4. The fourth-order valence-electron chi connectivity index (χ4n) is 8.45. The predicted octanol–water partition coefficient (Wildman–Crippen LogP) is 13.6. The van der Waals surface area contributed by atoms with Gasteiger partial charge in [0.15, 0.2) is 0 Å². The van der Waals surface area contributed by atoms with Gasteiger partial charge in [-0.3, -0.25) is 0 Å². The van der Waals surface area contributed by atoms with Crippen LogP contribution in [-0.2, 0) is 5.41 Å². The third-order valence-corrected chi connectivity index (χ3v) is 11.0. The molecule has 0 amide bonds. The molecule has 0 aliphatic heterocycles. The molecule has 0 saturated carbocycles. The first-order valence-electron chi connectivity index (χ1n) is 17.3. The highest BCUT2D eigenvalue weighted by Crippen LogP contribution is 2.49. The Balaban J connectivity index is 0.989. The van der Waals surface area contributed by atoms with Crippen LogP contribution in [0.2, 0.25) is 0 Å². The van der Waals surface area contributed by atoms with E-state index < -0.39 is 0 Å². The van der Waals surface area contributed by atoms with Crippen molar-refractivity contribution < 1.29 is 0 Å². The molecule has 9 aromatic rings. The molecule has 230 valence electrons. The van der Waals surface area contributed by atoms with Crippen molar-refractivity contribution in [1.29, 1.82) is 0 Å². The summed E-state index contributed by atoms with van der Waals surface area (Å²) in [6.45, 7) is 4.70. The molecule has 0 fully saturated rings. The standard InChI is InChI=1S/C49H34/c1-49(2)46-14-8-7-12-42(46)43-26-25-38(30-47(43)49)37-23-22-35-27-34(20-21-36(35)28-37)31-15-17-33(18-16-31)45-29-39-24-19-32-9-3-4-10-40(32)48(39)44-13-6-5-11-41(44)45/h3-30H,1-2H3. The van der Waals surface area contributed by atoms with Crippen molar-refractivity contribution in [3.05, 3.63) is 181 Å². The van der Waals surface area contributed by atoms with E-state index in [9.17, 15) is 0 Å². The lowest BCUT2D eigenvalue weighted by atomic mass is 9.81. The topological polar surface area (TPSA) is 0 Å². The number of benzene rings is 9. The van der Waals surface area contributed by atoms with Crippen molar-refractivity contribution in [2.45, 2.75) is 19.3 Å². The van der Waals surface area contributed by atoms with Gasteiger partial charge in [0.25, 0.3) is 0 Å². The molecular formula is C49H34.